The molecule has 2 amide bonds. The van der Waals surface area contributed by atoms with Gasteiger partial charge in [0.2, 0.25) is 0 Å². The summed E-state index contributed by atoms with van der Waals surface area (Å²) in [6.07, 6.45) is 1.72. The number of aliphatic hydroxyl groups excluding tert-OH is 1. The Hall–Kier alpha value is -4.31. The highest BCUT2D eigenvalue weighted by atomic mass is 16.5. The Morgan fingerprint density at radius 1 is 0.971 bits per heavy atom. The molecule has 1 aliphatic rings. The lowest BCUT2D eigenvalue weighted by Crippen LogP contribution is -2.41. The molecule has 10 nitrogen and oxygen atoms in total. The minimum Gasteiger partial charge on any atom is -0.480 e. The second-order valence-electron chi connectivity index (χ2n) is 7.94. The summed E-state index contributed by atoms with van der Waals surface area (Å²) in [7, 11) is 0. The number of carbonyl (C=O) groups excluding carboxylic acids is 2. The molecular formula is C25H24N4O6. The molecule has 0 radical (unpaired) electrons. The Balaban J connectivity index is 1.30. The van der Waals surface area contributed by atoms with Crippen molar-refractivity contribution < 1.29 is 29.3 Å². The first-order valence-corrected chi connectivity index (χ1v) is 11.0. The molecule has 2 aromatic carbocycles. The smallest absolute Gasteiger partial charge is 0.407 e. The van der Waals surface area contributed by atoms with Crippen LogP contribution in [0.25, 0.3) is 11.1 Å². The normalized spacial score (nSPS) is 12.8. The molecule has 180 valence electrons. The van der Waals surface area contributed by atoms with Crippen LogP contribution in [0.4, 0.5) is 4.79 Å². The first-order valence-electron chi connectivity index (χ1n) is 11.0. The molecule has 0 aliphatic heterocycles. The molecular weight excluding hydrogens is 452 g/mol. The highest BCUT2D eigenvalue weighted by Gasteiger charge is 2.29. The number of nitrogens with zero attached hydrogens (tertiary/aromatic N) is 2. The summed E-state index contributed by atoms with van der Waals surface area (Å²) >= 11 is 0. The third kappa shape index (κ3) is 5.44. The average molecular weight is 476 g/mol. The molecule has 1 aliphatic carbocycles. The van der Waals surface area contributed by atoms with E-state index in [0.29, 0.717) is 0 Å². The van der Waals surface area contributed by atoms with Gasteiger partial charge in [0.05, 0.1) is 12.1 Å². The fourth-order valence-electron chi connectivity index (χ4n) is 3.99. The maximum atomic E-state index is 12.3. The number of ether oxygens (including phenoxy) is 1. The number of carbonyl (C=O) groups is 3. The van der Waals surface area contributed by atoms with Crippen LogP contribution >= 0.6 is 0 Å². The number of benzene rings is 2. The van der Waals surface area contributed by atoms with Gasteiger partial charge in [-0.05, 0) is 22.3 Å². The third-order valence-electron chi connectivity index (χ3n) is 5.72. The highest BCUT2D eigenvalue weighted by Crippen LogP contribution is 2.44. The number of alkyl carbamates (subject to hydrolysis) is 1. The molecule has 1 heterocycles. The maximum Gasteiger partial charge on any atom is 0.407 e. The lowest BCUT2D eigenvalue weighted by atomic mass is 9.98. The van der Waals surface area contributed by atoms with Crippen LogP contribution < -0.4 is 10.6 Å². The molecule has 4 rings (SSSR count). The number of hydrogen-bond donors (Lipinski definition) is 4. The number of nitrogens with one attached hydrogen (secondary N) is 2. The van der Waals surface area contributed by atoms with E-state index in [0.717, 1.165) is 22.3 Å². The third-order valence-corrected chi connectivity index (χ3v) is 5.72. The number of amides is 2. The minimum absolute atomic E-state index is 0.0131. The first kappa shape index (κ1) is 23.8. The average Bonchev–Trinajstić information content (AvgIpc) is 3.20. The second-order valence-corrected chi connectivity index (χ2v) is 7.94. The van der Waals surface area contributed by atoms with Crippen molar-refractivity contribution in [1.82, 2.24) is 20.6 Å². The van der Waals surface area contributed by atoms with Gasteiger partial charge in [0.25, 0.3) is 5.91 Å². The second kappa shape index (κ2) is 10.7. The summed E-state index contributed by atoms with van der Waals surface area (Å²) in [4.78, 5) is 43.6. The van der Waals surface area contributed by atoms with Crippen LogP contribution in [0.1, 0.15) is 39.6 Å². The fraction of sp³-hybridized carbons (Fsp3) is 0.240. The lowest BCUT2D eigenvalue weighted by molar-refractivity contribution is -0.139. The van der Waals surface area contributed by atoms with Crippen molar-refractivity contribution >= 4 is 18.0 Å². The van der Waals surface area contributed by atoms with Crippen LogP contribution in [0.15, 0.2) is 60.9 Å². The van der Waals surface area contributed by atoms with Gasteiger partial charge in [-0.25, -0.2) is 19.6 Å². The number of aliphatic hydroxyl groups is 1. The number of aromatic nitrogens is 2. The fourth-order valence-corrected chi connectivity index (χ4v) is 3.99. The Morgan fingerprint density at radius 2 is 1.57 bits per heavy atom. The van der Waals surface area contributed by atoms with Crippen molar-refractivity contribution in [2.45, 2.75) is 24.9 Å². The van der Waals surface area contributed by atoms with Gasteiger partial charge in [0.1, 0.15) is 18.5 Å². The number of carboxylic acid groups (broad SMARTS) is 1. The van der Waals surface area contributed by atoms with Crippen molar-refractivity contribution in [2.24, 2.45) is 0 Å². The monoisotopic (exact) mass is 476 g/mol. The lowest BCUT2D eigenvalue weighted by Gasteiger charge is -2.14. The zero-order chi connectivity index (χ0) is 24.8. The number of carboxylic acids is 1. The van der Waals surface area contributed by atoms with Gasteiger partial charge in [-0.1, -0.05) is 48.5 Å². The zero-order valence-corrected chi connectivity index (χ0v) is 18.7. The van der Waals surface area contributed by atoms with Crippen molar-refractivity contribution in [2.75, 3.05) is 13.2 Å². The molecule has 1 aromatic heterocycles. The predicted molar refractivity (Wildman–Crippen MR) is 125 cm³/mol. The Morgan fingerprint density at radius 3 is 2.14 bits per heavy atom. The van der Waals surface area contributed by atoms with E-state index >= 15 is 0 Å². The predicted octanol–water partition coefficient (Wildman–Crippen LogP) is 2.08. The van der Waals surface area contributed by atoms with E-state index in [1.165, 1.54) is 12.4 Å². The van der Waals surface area contributed by atoms with E-state index in [1.807, 2.05) is 36.4 Å². The van der Waals surface area contributed by atoms with E-state index in [-0.39, 0.29) is 43.5 Å². The molecule has 1 atom stereocenters. The van der Waals surface area contributed by atoms with Gasteiger partial charge in [-0.15, -0.1) is 0 Å². The van der Waals surface area contributed by atoms with E-state index in [1.54, 1.807) is 0 Å². The molecule has 0 saturated carbocycles. The molecule has 0 bridgehead atoms. The Bertz CT molecular complexity index is 1190. The molecule has 3 aromatic rings. The summed E-state index contributed by atoms with van der Waals surface area (Å²) in [5.41, 5.74) is 4.56. The molecule has 10 heteroatoms. The SMILES string of the molecule is O=C(NCc1ncc(C(=O)N[C@@H](CCO)C(=O)O)cn1)OCC1c2ccccc2-c2ccccc21. The standard InChI is InChI=1S/C25H24N4O6/c30-10-9-21(24(32)33)29-23(31)15-11-26-22(27-12-15)13-28-25(34)35-14-20-18-7-3-1-5-16(18)17-6-2-4-8-19(17)20/h1-8,11-12,20-21,30H,9-10,13-14H2,(H,28,34)(H,29,31)(H,32,33)/t21-/m0/s1. The first-order chi connectivity index (χ1) is 17.0. The van der Waals surface area contributed by atoms with Crippen molar-refractivity contribution in [3.63, 3.8) is 0 Å². The number of fused-ring (bicyclic) bond motifs is 3. The molecule has 0 saturated heterocycles. The van der Waals surface area contributed by atoms with E-state index in [2.05, 4.69) is 32.7 Å². The summed E-state index contributed by atoms with van der Waals surface area (Å²) in [5.74, 6) is -1.73. The largest absolute Gasteiger partial charge is 0.480 e. The molecule has 0 unspecified atom stereocenters. The van der Waals surface area contributed by atoms with Gasteiger partial charge in [-0.2, -0.15) is 0 Å². The Labute approximate surface area is 201 Å². The van der Waals surface area contributed by atoms with Gasteiger partial charge in [0.15, 0.2) is 0 Å². The van der Waals surface area contributed by atoms with Crippen molar-refractivity contribution in [3.05, 3.63) is 83.4 Å². The van der Waals surface area contributed by atoms with E-state index in [9.17, 15) is 14.4 Å². The van der Waals surface area contributed by atoms with Crippen LogP contribution in [0.5, 0.6) is 0 Å². The molecule has 35 heavy (non-hydrogen) atoms. The summed E-state index contributed by atoms with van der Waals surface area (Å²) < 4.78 is 5.47. The molecule has 0 fully saturated rings. The van der Waals surface area contributed by atoms with Crippen LogP contribution in [0.3, 0.4) is 0 Å². The molecule has 0 spiro atoms. The van der Waals surface area contributed by atoms with Gasteiger partial charge >= 0.3 is 12.1 Å². The van der Waals surface area contributed by atoms with Crippen LogP contribution in [-0.4, -0.2) is 57.4 Å². The number of aliphatic carboxylic acids is 1. The highest BCUT2D eigenvalue weighted by molar-refractivity contribution is 5.96. The van der Waals surface area contributed by atoms with Crippen LogP contribution in [0.2, 0.25) is 0 Å². The summed E-state index contributed by atoms with van der Waals surface area (Å²) in [6, 6.07) is 14.9. The summed E-state index contributed by atoms with van der Waals surface area (Å²) in [6.45, 7) is -0.215. The summed E-state index contributed by atoms with van der Waals surface area (Å²) in [5, 5.41) is 22.9. The van der Waals surface area contributed by atoms with E-state index < -0.39 is 24.0 Å². The topological polar surface area (TPSA) is 151 Å². The van der Waals surface area contributed by atoms with E-state index in [4.69, 9.17) is 14.9 Å². The van der Waals surface area contributed by atoms with Gasteiger partial charge in [0, 0.05) is 31.3 Å². The maximum absolute atomic E-state index is 12.3. The van der Waals surface area contributed by atoms with Crippen LogP contribution in [-0.2, 0) is 16.1 Å². The minimum atomic E-state index is -1.25. The number of hydrogen-bond acceptors (Lipinski definition) is 7. The Kier molecular flexibility index (Phi) is 7.32. The van der Waals surface area contributed by atoms with Gasteiger partial charge < -0.3 is 25.6 Å². The van der Waals surface area contributed by atoms with Crippen molar-refractivity contribution in [1.29, 1.82) is 0 Å². The molecule has 4 N–H and O–H groups in total. The van der Waals surface area contributed by atoms with Gasteiger partial charge in [-0.3, -0.25) is 4.79 Å². The van der Waals surface area contributed by atoms with Crippen LogP contribution in [0, 0.1) is 0 Å². The van der Waals surface area contributed by atoms with Crippen molar-refractivity contribution in [3.8, 4) is 11.1 Å². The number of rotatable bonds is 9. The quantitative estimate of drug-likeness (QED) is 0.367. The zero-order valence-electron chi connectivity index (χ0n) is 18.7.